The number of nitrogens with zero attached hydrogens (tertiary/aromatic N) is 2. The Kier molecular flexibility index (Phi) is 5.93. The monoisotopic (exact) mass is 535 g/mol. The third kappa shape index (κ3) is 4.33. The second kappa shape index (κ2) is 8.56. The van der Waals surface area contributed by atoms with E-state index in [1.54, 1.807) is 12.1 Å². The van der Waals surface area contributed by atoms with Crippen LogP contribution in [-0.4, -0.2) is 23.3 Å². The van der Waals surface area contributed by atoms with Gasteiger partial charge in [0.25, 0.3) is 10.0 Å². The van der Waals surface area contributed by atoms with Crippen LogP contribution in [0.5, 0.6) is 11.5 Å². The maximum Gasteiger partial charge on any atom is 0.269 e. The topological polar surface area (TPSA) is 90.3 Å². The van der Waals surface area contributed by atoms with Crippen LogP contribution in [0, 0.1) is 18.6 Å². The summed E-state index contributed by atoms with van der Waals surface area (Å²) in [6, 6.07) is 9.49. The number of amides is 1. The normalized spacial score (nSPS) is 11.5. The van der Waals surface area contributed by atoms with Crippen molar-refractivity contribution < 1.29 is 26.7 Å². The molecule has 0 radical (unpaired) electrons. The second-order valence-corrected chi connectivity index (χ2v) is 9.82. The molecule has 1 N–H and O–H groups in total. The largest absolute Gasteiger partial charge is 0.450 e. The van der Waals surface area contributed by atoms with Gasteiger partial charge in [-0.3, -0.25) is 4.79 Å². The highest BCUT2D eigenvalue weighted by atomic mass is 79.9. The van der Waals surface area contributed by atoms with Crippen LogP contribution in [0.1, 0.15) is 12.5 Å². The molecule has 2 heterocycles. The highest BCUT2D eigenvalue weighted by molar-refractivity contribution is 9.10. The molecule has 170 valence electrons. The third-order valence-corrected chi connectivity index (χ3v) is 6.94. The summed E-state index contributed by atoms with van der Waals surface area (Å²) in [5.41, 5.74) is 0.840. The first kappa shape index (κ1) is 22.9. The molecule has 2 aromatic carbocycles. The van der Waals surface area contributed by atoms with E-state index in [9.17, 15) is 22.0 Å². The minimum absolute atomic E-state index is 0.00985. The maximum atomic E-state index is 14.6. The van der Waals surface area contributed by atoms with Gasteiger partial charge in [0.1, 0.15) is 5.75 Å². The van der Waals surface area contributed by atoms with Gasteiger partial charge in [-0.05, 0) is 41.1 Å². The maximum absolute atomic E-state index is 14.6. The van der Waals surface area contributed by atoms with Gasteiger partial charge in [0.05, 0.1) is 10.3 Å². The van der Waals surface area contributed by atoms with Gasteiger partial charge in [-0.2, -0.15) is 0 Å². The van der Waals surface area contributed by atoms with E-state index in [0.29, 0.717) is 4.47 Å². The molecule has 0 aliphatic carbocycles. The molecule has 2 aromatic heterocycles. The average Bonchev–Trinajstić information content (AvgIpc) is 3.09. The molecule has 0 spiro atoms. The first-order chi connectivity index (χ1) is 15.6. The van der Waals surface area contributed by atoms with Gasteiger partial charge in [0.15, 0.2) is 23.0 Å². The number of pyridine rings is 1. The predicted octanol–water partition coefficient (Wildman–Crippen LogP) is 5.37. The smallest absolute Gasteiger partial charge is 0.269 e. The van der Waals surface area contributed by atoms with Gasteiger partial charge < -0.3 is 10.1 Å². The summed E-state index contributed by atoms with van der Waals surface area (Å²) >= 11 is 3.29. The summed E-state index contributed by atoms with van der Waals surface area (Å²) in [6.07, 6.45) is 2.57. The minimum atomic E-state index is -4.00. The van der Waals surface area contributed by atoms with Gasteiger partial charge in [-0.25, -0.2) is 26.2 Å². The molecule has 0 saturated heterocycles. The van der Waals surface area contributed by atoms with Crippen LogP contribution in [0.2, 0.25) is 0 Å². The lowest BCUT2D eigenvalue weighted by Crippen LogP contribution is -2.12. The number of ether oxygens (including phenoxy) is 1. The number of anilines is 1. The van der Waals surface area contributed by atoms with Crippen molar-refractivity contribution in [1.29, 1.82) is 0 Å². The standard InChI is InChI=1S/C22H16BrF2N3O4S/c1-12-3-5-15(6-4-12)33(30,31)28-11-16(23)20-19(7-8-26-22(20)28)32-21-17(24)9-14(10-18(21)25)27-13(2)29/h3-11H,1-2H3,(H,27,29). The van der Waals surface area contributed by atoms with Gasteiger partial charge in [-0.1, -0.05) is 17.7 Å². The zero-order chi connectivity index (χ0) is 23.9. The third-order valence-electron chi connectivity index (χ3n) is 4.68. The average molecular weight is 536 g/mol. The van der Waals surface area contributed by atoms with E-state index in [1.165, 1.54) is 37.5 Å². The number of aromatic nitrogens is 2. The number of benzene rings is 2. The molecule has 0 aliphatic heterocycles. The number of carbonyl (C=O) groups is 1. The molecule has 0 aliphatic rings. The lowest BCUT2D eigenvalue weighted by atomic mass is 10.2. The van der Waals surface area contributed by atoms with Crippen LogP contribution < -0.4 is 10.1 Å². The highest BCUT2D eigenvalue weighted by Crippen LogP contribution is 2.38. The van der Waals surface area contributed by atoms with E-state index in [-0.39, 0.29) is 27.4 Å². The molecule has 0 saturated carbocycles. The van der Waals surface area contributed by atoms with Crippen molar-refractivity contribution in [1.82, 2.24) is 8.96 Å². The summed E-state index contributed by atoms with van der Waals surface area (Å²) in [5, 5.41) is 2.50. The summed E-state index contributed by atoms with van der Waals surface area (Å²) in [5.74, 6) is -3.32. The van der Waals surface area contributed by atoms with Crippen LogP contribution >= 0.6 is 15.9 Å². The SMILES string of the molecule is CC(=O)Nc1cc(F)c(Oc2ccnc3c2c(Br)cn3S(=O)(=O)c2ccc(C)cc2)c(F)c1. The van der Waals surface area contributed by atoms with Crippen molar-refractivity contribution in [2.75, 3.05) is 5.32 Å². The Hall–Kier alpha value is -3.31. The molecule has 0 unspecified atom stereocenters. The van der Waals surface area contributed by atoms with Crippen LogP contribution in [0.25, 0.3) is 11.0 Å². The summed E-state index contributed by atoms with van der Waals surface area (Å²) in [7, 11) is -4.00. The number of hydrogen-bond acceptors (Lipinski definition) is 5. The number of carbonyl (C=O) groups excluding carboxylic acids is 1. The van der Waals surface area contributed by atoms with Crippen LogP contribution in [0.4, 0.5) is 14.5 Å². The van der Waals surface area contributed by atoms with Crippen molar-refractivity contribution >= 4 is 48.6 Å². The predicted molar refractivity (Wildman–Crippen MR) is 122 cm³/mol. The molecular formula is C22H16BrF2N3O4S. The van der Waals surface area contributed by atoms with Crippen LogP contribution in [0.15, 0.2) is 64.2 Å². The number of aryl methyl sites for hydroxylation is 1. The number of fused-ring (bicyclic) bond motifs is 1. The number of rotatable bonds is 5. The van der Waals surface area contributed by atoms with Crippen molar-refractivity contribution in [3.8, 4) is 11.5 Å². The number of nitrogens with one attached hydrogen (secondary N) is 1. The molecule has 4 rings (SSSR count). The van der Waals surface area contributed by atoms with Gasteiger partial charge in [0, 0.05) is 41.6 Å². The second-order valence-electron chi connectivity index (χ2n) is 7.15. The fourth-order valence-corrected chi connectivity index (χ4v) is 5.22. The van der Waals surface area contributed by atoms with E-state index in [0.717, 1.165) is 21.7 Å². The number of halogens is 3. The highest BCUT2D eigenvalue weighted by Gasteiger charge is 2.24. The van der Waals surface area contributed by atoms with E-state index < -0.39 is 33.3 Å². The quantitative estimate of drug-likeness (QED) is 0.370. The zero-order valence-electron chi connectivity index (χ0n) is 17.3. The molecule has 4 aromatic rings. The first-order valence-electron chi connectivity index (χ1n) is 9.50. The summed E-state index contributed by atoms with van der Waals surface area (Å²) in [4.78, 5) is 15.3. The molecule has 33 heavy (non-hydrogen) atoms. The van der Waals surface area contributed by atoms with Crippen molar-refractivity contribution in [2.45, 2.75) is 18.7 Å². The molecular weight excluding hydrogens is 520 g/mol. The van der Waals surface area contributed by atoms with E-state index >= 15 is 0 Å². The Balaban J connectivity index is 1.80. The summed E-state index contributed by atoms with van der Waals surface area (Å²) < 4.78 is 62.2. The van der Waals surface area contributed by atoms with Gasteiger partial charge in [-0.15, -0.1) is 0 Å². The molecule has 7 nitrogen and oxygen atoms in total. The van der Waals surface area contributed by atoms with Crippen molar-refractivity contribution in [2.24, 2.45) is 0 Å². The minimum Gasteiger partial charge on any atom is -0.450 e. The van der Waals surface area contributed by atoms with Crippen molar-refractivity contribution in [3.05, 3.63) is 76.5 Å². The first-order valence-corrected chi connectivity index (χ1v) is 11.7. The molecule has 0 fully saturated rings. The summed E-state index contributed by atoms with van der Waals surface area (Å²) in [6.45, 7) is 3.05. The molecule has 1 amide bonds. The van der Waals surface area contributed by atoms with Crippen LogP contribution in [-0.2, 0) is 14.8 Å². The molecule has 0 bridgehead atoms. The lowest BCUT2D eigenvalue weighted by Gasteiger charge is -2.12. The fraction of sp³-hybridized carbons (Fsp3) is 0.0909. The van der Waals surface area contributed by atoms with Crippen molar-refractivity contribution in [3.63, 3.8) is 0 Å². The van der Waals surface area contributed by atoms with E-state index in [4.69, 9.17) is 4.74 Å². The van der Waals surface area contributed by atoms with E-state index in [1.807, 2.05) is 6.92 Å². The Bertz CT molecular complexity index is 1480. The Morgan fingerprint density at radius 2 is 1.76 bits per heavy atom. The molecule has 11 heteroatoms. The van der Waals surface area contributed by atoms with Crippen LogP contribution in [0.3, 0.4) is 0 Å². The Labute approximate surface area is 196 Å². The zero-order valence-corrected chi connectivity index (χ0v) is 19.7. The Morgan fingerprint density at radius 3 is 2.36 bits per heavy atom. The molecule has 0 atom stereocenters. The lowest BCUT2D eigenvalue weighted by molar-refractivity contribution is -0.114. The van der Waals surface area contributed by atoms with Gasteiger partial charge >= 0.3 is 0 Å². The Morgan fingerprint density at radius 1 is 1.12 bits per heavy atom. The number of hydrogen-bond donors (Lipinski definition) is 1. The van der Waals surface area contributed by atoms with Gasteiger partial charge in [0.2, 0.25) is 5.91 Å². The fourth-order valence-electron chi connectivity index (χ4n) is 3.19. The van der Waals surface area contributed by atoms with E-state index in [2.05, 4.69) is 26.2 Å².